The molecule has 4 rings (SSSR count). The first-order valence-corrected chi connectivity index (χ1v) is 9.25. The van der Waals surface area contributed by atoms with E-state index < -0.39 is 17.7 Å². The van der Waals surface area contributed by atoms with Gasteiger partial charge in [-0.25, -0.2) is 18.7 Å². The van der Waals surface area contributed by atoms with Gasteiger partial charge in [0, 0.05) is 6.07 Å². The largest absolute Gasteiger partial charge is 0.452 e. The standard InChI is InChI=1S/C21H19F2N5O2/c1-12-3-5-19(30-18-6-4-14(22)8-16(18)23)17(7-12)28(10-13(2)29)21-15-9-26-27-20(15)24-11-25-21/h3-9,11,13,29H,10H2,1-2H3,(H,24,25,26,27). The zero-order chi connectivity index (χ0) is 21.3. The van der Waals surface area contributed by atoms with Crippen LogP contribution in [-0.2, 0) is 0 Å². The fourth-order valence-corrected chi connectivity index (χ4v) is 3.13. The molecule has 0 saturated heterocycles. The highest BCUT2D eigenvalue weighted by Gasteiger charge is 2.22. The molecule has 0 spiro atoms. The topological polar surface area (TPSA) is 87.2 Å². The number of hydrogen-bond acceptors (Lipinski definition) is 6. The van der Waals surface area contributed by atoms with Gasteiger partial charge >= 0.3 is 0 Å². The van der Waals surface area contributed by atoms with Gasteiger partial charge in [0.2, 0.25) is 0 Å². The van der Waals surface area contributed by atoms with Crippen molar-refractivity contribution >= 4 is 22.5 Å². The zero-order valence-corrected chi connectivity index (χ0v) is 16.3. The Hall–Kier alpha value is -3.59. The van der Waals surface area contributed by atoms with Crippen molar-refractivity contribution in [3.63, 3.8) is 0 Å². The summed E-state index contributed by atoms with van der Waals surface area (Å²) in [5.74, 6) is -0.799. The van der Waals surface area contributed by atoms with Crippen molar-refractivity contribution in [1.82, 2.24) is 20.2 Å². The summed E-state index contributed by atoms with van der Waals surface area (Å²) in [6.45, 7) is 3.74. The lowest BCUT2D eigenvalue weighted by atomic mass is 10.1. The summed E-state index contributed by atoms with van der Waals surface area (Å²) in [6, 6.07) is 8.46. The SMILES string of the molecule is Cc1ccc(Oc2ccc(F)cc2F)c(N(CC(C)O)c2ncnc3[nH]ncc23)c1. The Morgan fingerprint density at radius 3 is 2.70 bits per heavy atom. The number of halogens is 2. The summed E-state index contributed by atoms with van der Waals surface area (Å²) < 4.78 is 33.3. The molecule has 0 aliphatic carbocycles. The molecule has 0 bridgehead atoms. The van der Waals surface area contributed by atoms with Gasteiger partial charge in [-0.3, -0.25) is 5.10 Å². The van der Waals surface area contributed by atoms with Crippen molar-refractivity contribution < 1.29 is 18.6 Å². The van der Waals surface area contributed by atoms with Crippen molar-refractivity contribution in [2.24, 2.45) is 0 Å². The van der Waals surface area contributed by atoms with Gasteiger partial charge in [-0.15, -0.1) is 0 Å². The van der Waals surface area contributed by atoms with Gasteiger partial charge in [-0.1, -0.05) is 6.07 Å². The molecule has 1 atom stereocenters. The van der Waals surface area contributed by atoms with Crippen LogP contribution in [0.25, 0.3) is 11.0 Å². The van der Waals surface area contributed by atoms with E-state index in [0.29, 0.717) is 28.3 Å². The van der Waals surface area contributed by atoms with Crippen molar-refractivity contribution in [1.29, 1.82) is 0 Å². The van der Waals surface area contributed by atoms with Gasteiger partial charge in [-0.05, 0) is 43.7 Å². The number of H-pyrrole nitrogens is 1. The number of hydrogen-bond donors (Lipinski definition) is 2. The molecule has 7 nitrogen and oxygen atoms in total. The van der Waals surface area contributed by atoms with Gasteiger partial charge in [0.1, 0.15) is 18.0 Å². The van der Waals surface area contributed by atoms with E-state index in [2.05, 4.69) is 20.2 Å². The highest BCUT2D eigenvalue weighted by Crippen LogP contribution is 2.39. The Morgan fingerprint density at radius 1 is 1.13 bits per heavy atom. The summed E-state index contributed by atoms with van der Waals surface area (Å²) in [4.78, 5) is 10.3. The molecule has 1 unspecified atom stereocenters. The van der Waals surface area contributed by atoms with Crippen LogP contribution in [0.1, 0.15) is 12.5 Å². The maximum absolute atomic E-state index is 14.2. The lowest BCUT2D eigenvalue weighted by Crippen LogP contribution is -2.28. The molecule has 0 saturated carbocycles. The third-order valence-electron chi connectivity index (χ3n) is 4.45. The van der Waals surface area contributed by atoms with Crippen molar-refractivity contribution in [3.8, 4) is 11.5 Å². The zero-order valence-electron chi connectivity index (χ0n) is 16.3. The predicted molar refractivity (Wildman–Crippen MR) is 108 cm³/mol. The lowest BCUT2D eigenvalue weighted by molar-refractivity contribution is 0.203. The second-order valence-electron chi connectivity index (χ2n) is 6.94. The van der Waals surface area contributed by atoms with E-state index in [1.54, 1.807) is 24.1 Å². The maximum atomic E-state index is 14.2. The third-order valence-corrected chi connectivity index (χ3v) is 4.45. The molecule has 0 aliphatic heterocycles. The van der Waals surface area contributed by atoms with Crippen LogP contribution in [0.5, 0.6) is 11.5 Å². The van der Waals surface area contributed by atoms with Gasteiger partial charge in [0.15, 0.2) is 23.0 Å². The number of fused-ring (bicyclic) bond motifs is 1. The van der Waals surface area contributed by atoms with E-state index in [9.17, 15) is 13.9 Å². The van der Waals surface area contributed by atoms with E-state index in [1.807, 2.05) is 19.1 Å². The van der Waals surface area contributed by atoms with Crippen LogP contribution in [0.2, 0.25) is 0 Å². The molecule has 2 aromatic heterocycles. The number of aliphatic hydroxyl groups excluding tert-OH is 1. The number of ether oxygens (including phenoxy) is 1. The molecule has 2 aromatic carbocycles. The van der Waals surface area contributed by atoms with Crippen LogP contribution in [0.15, 0.2) is 48.9 Å². The number of aryl methyl sites for hydroxylation is 1. The Balaban J connectivity index is 1.84. The number of anilines is 2. The summed E-state index contributed by atoms with van der Waals surface area (Å²) in [5, 5.41) is 17.6. The van der Waals surface area contributed by atoms with Gasteiger partial charge in [-0.2, -0.15) is 5.10 Å². The van der Waals surface area contributed by atoms with Gasteiger partial charge in [0.25, 0.3) is 0 Å². The molecule has 0 radical (unpaired) electrons. The summed E-state index contributed by atoms with van der Waals surface area (Å²) in [6.07, 6.45) is 2.27. The summed E-state index contributed by atoms with van der Waals surface area (Å²) in [7, 11) is 0. The van der Waals surface area contributed by atoms with Crippen LogP contribution in [0, 0.1) is 18.6 Å². The van der Waals surface area contributed by atoms with Crippen LogP contribution >= 0.6 is 0 Å². The molecular formula is C21H19F2N5O2. The van der Waals surface area contributed by atoms with E-state index in [0.717, 1.165) is 17.7 Å². The van der Waals surface area contributed by atoms with Crippen molar-refractivity contribution in [3.05, 3.63) is 66.1 Å². The number of rotatable bonds is 6. The van der Waals surface area contributed by atoms with Crippen LogP contribution in [-0.4, -0.2) is 37.9 Å². The number of aromatic amines is 1. The van der Waals surface area contributed by atoms with Crippen molar-refractivity contribution in [2.45, 2.75) is 20.0 Å². The molecule has 0 fully saturated rings. The first-order chi connectivity index (χ1) is 14.4. The average Bonchev–Trinajstić information content (AvgIpc) is 3.18. The Bertz CT molecular complexity index is 1200. The van der Waals surface area contributed by atoms with Gasteiger partial charge < -0.3 is 14.7 Å². The smallest absolute Gasteiger partial charge is 0.168 e. The number of nitrogens with zero attached hydrogens (tertiary/aromatic N) is 4. The Labute approximate surface area is 171 Å². The van der Waals surface area contributed by atoms with Crippen LogP contribution in [0.4, 0.5) is 20.3 Å². The lowest BCUT2D eigenvalue weighted by Gasteiger charge is -2.27. The molecule has 2 N–H and O–H groups in total. The van der Waals surface area contributed by atoms with E-state index in [-0.39, 0.29) is 12.3 Å². The fourth-order valence-electron chi connectivity index (χ4n) is 3.13. The quantitative estimate of drug-likeness (QED) is 0.493. The Kier molecular flexibility index (Phi) is 5.28. The molecule has 4 aromatic rings. The van der Waals surface area contributed by atoms with Gasteiger partial charge in [0.05, 0.1) is 29.9 Å². The summed E-state index contributed by atoms with van der Waals surface area (Å²) in [5.41, 5.74) is 2.01. The molecule has 9 heteroatoms. The maximum Gasteiger partial charge on any atom is 0.168 e. The van der Waals surface area contributed by atoms with Crippen molar-refractivity contribution in [2.75, 3.05) is 11.4 Å². The normalized spacial score (nSPS) is 12.2. The average molecular weight is 411 g/mol. The fraction of sp³-hybridized carbons (Fsp3) is 0.190. The number of aliphatic hydroxyl groups is 1. The minimum Gasteiger partial charge on any atom is -0.452 e. The minimum atomic E-state index is -0.817. The summed E-state index contributed by atoms with van der Waals surface area (Å²) >= 11 is 0. The highest BCUT2D eigenvalue weighted by atomic mass is 19.1. The van der Waals surface area contributed by atoms with Crippen LogP contribution < -0.4 is 9.64 Å². The highest BCUT2D eigenvalue weighted by molar-refractivity contribution is 5.89. The van der Waals surface area contributed by atoms with E-state index in [4.69, 9.17) is 4.74 Å². The molecule has 30 heavy (non-hydrogen) atoms. The minimum absolute atomic E-state index is 0.116. The first-order valence-electron chi connectivity index (χ1n) is 9.25. The molecule has 154 valence electrons. The second-order valence-corrected chi connectivity index (χ2v) is 6.94. The van der Waals surface area contributed by atoms with E-state index in [1.165, 1.54) is 12.4 Å². The molecule has 2 heterocycles. The number of nitrogens with one attached hydrogen (secondary N) is 1. The number of aromatic nitrogens is 4. The molecule has 0 amide bonds. The monoisotopic (exact) mass is 411 g/mol. The first kappa shape index (κ1) is 19.7. The third kappa shape index (κ3) is 3.92. The molecular weight excluding hydrogens is 392 g/mol. The van der Waals surface area contributed by atoms with Crippen LogP contribution in [0.3, 0.4) is 0 Å². The Morgan fingerprint density at radius 2 is 1.93 bits per heavy atom. The molecule has 0 aliphatic rings. The second kappa shape index (κ2) is 8.03. The number of benzene rings is 2. The van der Waals surface area contributed by atoms with E-state index >= 15 is 0 Å². The predicted octanol–water partition coefficient (Wildman–Crippen LogP) is 4.25.